The molecule has 1 unspecified atom stereocenters. The number of carbonyl (C=O) groups is 2. The van der Waals surface area contributed by atoms with Crippen LogP contribution in [0.2, 0.25) is 0 Å². The summed E-state index contributed by atoms with van der Waals surface area (Å²) < 4.78 is 11.8. The molecule has 0 aliphatic carbocycles. The van der Waals surface area contributed by atoms with E-state index in [9.17, 15) is 14.0 Å². The molecular formula is C9H16FNO4. The summed E-state index contributed by atoms with van der Waals surface area (Å²) in [6.45, 7) is -0.561. The van der Waals surface area contributed by atoms with Gasteiger partial charge in [0, 0.05) is 0 Å². The van der Waals surface area contributed by atoms with E-state index in [1.807, 2.05) is 0 Å². The minimum Gasteiger partial charge on any atom is -0.481 e. The van der Waals surface area contributed by atoms with Crippen molar-refractivity contribution < 1.29 is 24.2 Å². The second kappa shape index (κ2) is 7.17. The molecule has 0 rings (SSSR count). The zero-order chi connectivity index (χ0) is 11.8. The normalized spacial score (nSPS) is 14.5. The van der Waals surface area contributed by atoms with Crippen LogP contribution in [0.3, 0.4) is 0 Å². The number of alkyl halides is 1. The van der Waals surface area contributed by atoms with Gasteiger partial charge < -0.3 is 15.9 Å². The van der Waals surface area contributed by atoms with Gasteiger partial charge in [0.25, 0.3) is 0 Å². The third-order valence-corrected chi connectivity index (χ3v) is 2.18. The summed E-state index contributed by atoms with van der Waals surface area (Å²) >= 11 is 0. The number of rotatable bonds is 8. The van der Waals surface area contributed by atoms with Crippen molar-refractivity contribution in [2.45, 2.75) is 31.7 Å². The summed E-state index contributed by atoms with van der Waals surface area (Å²) in [6.07, 6.45) is 0.666. The summed E-state index contributed by atoms with van der Waals surface area (Å²) in [4.78, 5) is 21.0. The highest BCUT2D eigenvalue weighted by Gasteiger charge is 2.20. The molecule has 0 fully saturated rings. The average Bonchev–Trinajstić information content (AvgIpc) is 2.16. The minimum atomic E-state index is -1.15. The molecule has 6 heteroatoms. The Balaban J connectivity index is 3.95. The fourth-order valence-corrected chi connectivity index (χ4v) is 1.22. The van der Waals surface area contributed by atoms with Gasteiger partial charge in [0.15, 0.2) is 0 Å². The summed E-state index contributed by atoms with van der Waals surface area (Å²) in [5, 5.41) is 17.2. The maximum Gasteiger partial charge on any atom is 0.320 e. The maximum absolute atomic E-state index is 11.8. The van der Waals surface area contributed by atoms with E-state index in [0.717, 1.165) is 0 Å². The monoisotopic (exact) mass is 221 g/mol. The van der Waals surface area contributed by atoms with Gasteiger partial charge in [-0.25, -0.2) is 0 Å². The van der Waals surface area contributed by atoms with Gasteiger partial charge in [-0.3, -0.25) is 14.0 Å². The lowest BCUT2D eigenvalue weighted by Crippen LogP contribution is -2.31. The van der Waals surface area contributed by atoms with E-state index in [0.29, 0.717) is 0 Å². The minimum absolute atomic E-state index is 0.0958. The van der Waals surface area contributed by atoms with Gasteiger partial charge in [-0.1, -0.05) is 0 Å². The molecule has 5 nitrogen and oxygen atoms in total. The highest BCUT2D eigenvalue weighted by Crippen LogP contribution is 2.15. The second-order valence-electron chi connectivity index (χ2n) is 3.39. The summed E-state index contributed by atoms with van der Waals surface area (Å²) in [5.74, 6) is -2.88. The molecule has 2 atom stereocenters. The fourth-order valence-electron chi connectivity index (χ4n) is 1.22. The second-order valence-corrected chi connectivity index (χ2v) is 3.39. The number of halogens is 1. The molecule has 0 spiro atoms. The number of aliphatic carboxylic acids is 2. The van der Waals surface area contributed by atoms with Crippen LogP contribution < -0.4 is 5.73 Å². The predicted octanol–water partition coefficient (Wildman–Crippen LogP) is 0.629. The quantitative estimate of drug-likeness (QED) is 0.558. The molecule has 0 amide bonds. The maximum atomic E-state index is 11.8. The summed E-state index contributed by atoms with van der Waals surface area (Å²) in [5.41, 5.74) is 5.23. The van der Waals surface area contributed by atoms with Crippen LogP contribution in [0.5, 0.6) is 0 Å². The number of hydrogen-bond donors (Lipinski definition) is 3. The molecule has 0 aliphatic rings. The van der Waals surface area contributed by atoms with Crippen LogP contribution in [0.15, 0.2) is 0 Å². The Hall–Kier alpha value is -1.17. The standard InChI is InChI=1S/C9H16FNO4/c10-5-1-2-6(8(12)13)3-4-7(11)9(14)15/h6-7H,1-5,11H2,(H,12,13)(H,14,15)/t6?,7-/m0/s1. The molecule has 0 saturated carbocycles. The van der Waals surface area contributed by atoms with Gasteiger partial charge in [-0.2, -0.15) is 0 Å². The summed E-state index contributed by atoms with van der Waals surface area (Å²) in [6, 6.07) is -1.04. The first-order valence-electron chi connectivity index (χ1n) is 4.76. The predicted molar refractivity (Wildman–Crippen MR) is 51.2 cm³/mol. The number of hydrogen-bond acceptors (Lipinski definition) is 3. The van der Waals surface area contributed by atoms with Crippen molar-refractivity contribution in [1.82, 2.24) is 0 Å². The van der Waals surface area contributed by atoms with Gasteiger partial charge in [0.05, 0.1) is 12.6 Å². The topological polar surface area (TPSA) is 101 Å². The molecule has 0 aromatic heterocycles. The Kier molecular flexibility index (Phi) is 6.61. The number of carboxylic acid groups (broad SMARTS) is 2. The van der Waals surface area contributed by atoms with Gasteiger partial charge in [-0.05, 0) is 25.7 Å². The zero-order valence-corrected chi connectivity index (χ0v) is 8.36. The van der Waals surface area contributed by atoms with E-state index < -0.39 is 30.6 Å². The average molecular weight is 221 g/mol. The van der Waals surface area contributed by atoms with E-state index in [1.54, 1.807) is 0 Å². The number of carboxylic acids is 2. The third kappa shape index (κ3) is 6.01. The van der Waals surface area contributed by atoms with Crippen molar-refractivity contribution in [2.75, 3.05) is 6.67 Å². The van der Waals surface area contributed by atoms with Gasteiger partial charge in [0.2, 0.25) is 0 Å². The largest absolute Gasteiger partial charge is 0.481 e. The lowest BCUT2D eigenvalue weighted by molar-refractivity contribution is -0.143. The molecule has 0 heterocycles. The van der Waals surface area contributed by atoms with Crippen LogP contribution in [-0.4, -0.2) is 34.9 Å². The molecule has 0 aromatic carbocycles. The third-order valence-electron chi connectivity index (χ3n) is 2.18. The Morgan fingerprint density at radius 3 is 2.13 bits per heavy atom. The molecular weight excluding hydrogens is 205 g/mol. The van der Waals surface area contributed by atoms with Crippen LogP contribution in [-0.2, 0) is 9.59 Å². The van der Waals surface area contributed by atoms with E-state index in [2.05, 4.69) is 0 Å². The lowest BCUT2D eigenvalue weighted by Gasteiger charge is -2.12. The van der Waals surface area contributed by atoms with Crippen LogP contribution in [0, 0.1) is 5.92 Å². The van der Waals surface area contributed by atoms with E-state index in [-0.39, 0.29) is 25.7 Å². The lowest BCUT2D eigenvalue weighted by atomic mass is 9.96. The Morgan fingerprint density at radius 1 is 1.13 bits per heavy atom. The highest BCUT2D eigenvalue weighted by molar-refractivity contribution is 5.73. The smallest absolute Gasteiger partial charge is 0.320 e. The first-order chi connectivity index (χ1) is 6.99. The fraction of sp³-hybridized carbons (Fsp3) is 0.778. The van der Waals surface area contributed by atoms with Crippen LogP contribution in [0.25, 0.3) is 0 Å². The van der Waals surface area contributed by atoms with Crippen molar-refractivity contribution in [1.29, 1.82) is 0 Å². The molecule has 0 saturated heterocycles. The number of nitrogens with two attached hydrogens (primary N) is 1. The SMILES string of the molecule is N[C@@H](CCC(CCCF)C(=O)O)C(=O)O. The van der Waals surface area contributed by atoms with E-state index in [4.69, 9.17) is 15.9 Å². The van der Waals surface area contributed by atoms with Crippen molar-refractivity contribution in [3.05, 3.63) is 0 Å². The molecule has 15 heavy (non-hydrogen) atoms. The van der Waals surface area contributed by atoms with Crippen molar-refractivity contribution >= 4 is 11.9 Å². The van der Waals surface area contributed by atoms with Crippen molar-refractivity contribution in [2.24, 2.45) is 11.7 Å². The zero-order valence-electron chi connectivity index (χ0n) is 8.36. The first kappa shape index (κ1) is 13.8. The molecule has 0 aliphatic heterocycles. The molecule has 0 bridgehead atoms. The molecule has 88 valence electrons. The van der Waals surface area contributed by atoms with Crippen LogP contribution in [0.1, 0.15) is 25.7 Å². The van der Waals surface area contributed by atoms with Gasteiger partial charge >= 0.3 is 11.9 Å². The Labute approximate surface area is 87.1 Å². The Morgan fingerprint density at radius 2 is 1.73 bits per heavy atom. The first-order valence-corrected chi connectivity index (χ1v) is 4.76. The van der Waals surface area contributed by atoms with Gasteiger partial charge in [-0.15, -0.1) is 0 Å². The van der Waals surface area contributed by atoms with Crippen molar-refractivity contribution in [3.8, 4) is 0 Å². The Bertz CT molecular complexity index is 222. The van der Waals surface area contributed by atoms with E-state index >= 15 is 0 Å². The van der Waals surface area contributed by atoms with Crippen LogP contribution >= 0.6 is 0 Å². The van der Waals surface area contributed by atoms with Crippen LogP contribution in [0.4, 0.5) is 4.39 Å². The van der Waals surface area contributed by atoms with Gasteiger partial charge in [0.1, 0.15) is 6.04 Å². The molecule has 0 aromatic rings. The molecule has 0 radical (unpaired) electrons. The molecule has 4 N–H and O–H groups in total. The van der Waals surface area contributed by atoms with E-state index in [1.165, 1.54) is 0 Å². The highest BCUT2D eigenvalue weighted by atomic mass is 19.1. The van der Waals surface area contributed by atoms with Crippen molar-refractivity contribution in [3.63, 3.8) is 0 Å². The summed E-state index contributed by atoms with van der Waals surface area (Å²) in [7, 11) is 0.